The number of para-hydroxylation sites is 1. The average Bonchev–Trinajstić information content (AvgIpc) is 2.62. The molecule has 1 aromatic heterocycles. The van der Waals surface area contributed by atoms with Crippen molar-refractivity contribution in [1.29, 1.82) is 0 Å². The fourth-order valence-electron chi connectivity index (χ4n) is 2.18. The van der Waals surface area contributed by atoms with Gasteiger partial charge in [-0.3, -0.25) is 0 Å². The van der Waals surface area contributed by atoms with Gasteiger partial charge in [0.25, 0.3) is 0 Å². The Morgan fingerprint density at radius 3 is 2.52 bits per heavy atom. The first-order valence-electron chi connectivity index (χ1n) is 7.72. The third-order valence-corrected chi connectivity index (χ3v) is 3.49. The highest BCUT2D eigenvalue weighted by Gasteiger charge is 2.14. The topological polar surface area (TPSA) is 84.3 Å². The molecule has 0 saturated heterocycles. The lowest BCUT2D eigenvalue weighted by atomic mass is 10.2. The number of carbonyl (C=O) groups is 1. The van der Waals surface area contributed by atoms with Crippen LogP contribution < -0.4 is 10.1 Å². The van der Waals surface area contributed by atoms with E-state index in [9.17, 15) is 9.90 Å². The number of carboxylic acid groups (broad SMARTS) is 1. The van der Waals surface area contributed by atoms with Crippen LogP contribution in [0.5, 0.6) is 5.75 Å². The van der Waals surface area contributed by atoms with E-state index in [0.717, 1.165) is 11.3 Å². The molecule has 3 aromatic rings. The monoisotopic (exact) mass is 335 g/mol. The lowest BCUT2D eigenvalue weighted by Gasteiger charge is -2.11. The number of benzene rings is 2. The number of aryl methyl sites for hydroxylation is 1. The third-order valence-electron chi connectivity index (χ3n) is 3.49. The smallest absolute Gasteiger partial charge is 0.341 e. The molecule has 0 aliphatic heterocycles. The highest BCUT2D eigenvalue weighted by atomic mass is 16.5. The summed E-state index contributed by atoms with van der Waals surface area (Å²) in [6.07, 6.45) is 1.29. The largest absolute Gasteiger partial charge is 0.486 e. The van der Waals surface area contributed by atoms with Crippen molar-refractivity contribution in [2.45, 2.75) is 13.5 Å². The summed E-state index contributed by atoms with van der Waals surface area (Å²) >= 11 is 0. The number of rotatable bonds is 6. The number of carboxylic acids is 1. The van der Waals surface area contributed by atoms with Crippen LogP contribution in [-0.2, 0) is 6.61 Å². The Morgan fingerprint density at radius 1 is 1.12 bits per heavy atom. The van der Waals surface area contributed by atoms with Gasteiger partial charge in [0.15, 0.2) is 5.82 Å². The van der Waals surface area contributed by atoms with Crippen molar-refractivity contribution in [2.24, 2.45) is 0 Å². The normalized spacial score (nSPS) is 10.3. The zero-order valence-electron chi connectivity index (χ0n) is 13.6. The van der Waals surface area contributed by atoms with E-state index in [2.05, 4.69) is 15.3 Å². The van der Waals surface area contributed by atoms with Gasteiger partial charge in [-0.15, -0.1) is 0 Å². The average molecular weight is 335 g/mol. The molecule has 6 heteroatoms. The summed E-state index contributed by atoms with van der Waals surface area (Å²) in [5, 5.41) is 12.3. The maximum absolute atomic E-state index is 11.4. The Hall–Kier alpha value is -3.41. The fourth-order valence-corrected chi connectivity index (χ4v) is 2.18. The summed E-state index contributed by atoms with van der Waals surface area (Å²) in [4.78, 5) is 19.8. The lowest BCUT2D eigenvalue weighted by Crippen LogP contribution is -2.10. The molecular formula is C19H17N3O3. The van der Waals surface area contributed by atoms with E-state index in [1.165, 1.54) is 6.20 Å². The van der Waals surface area contributed by atoms with E-state index in [1.807, 2.05) is 61.5 Å². The first-order valence-corrected chi connectivity index (χ1v) is 7.72. The highest BCUT2D eigenvalue weighted by Crippen LogP contribution is 2.19. The molecule has 25 heavy (non-hydrogen) atoms. The first-order chi connectivity index (χ1) is 12.1. The number of aromatic carboxylic acids is 1. The van der Waals surface area contributed by atoms with Gasteiger partial charge in [-0.05, 0) is 31.2 Å². The van der Waals surface area contributed by atoms with Crippen LogP contribution >= 0.6 is 0 Å². The maximum Gasteiger partial charge on any atom is 0.341 e. The minimum absolute atomic E-state index is 0.00272. The Labute approximate surface area is 145 Å². The van der Waals surface area contributed by atoms with Gasteiger partial charge in [-0.25, -0.2) is 14.8 Å². The molecule has 126 valence electrons. The van der Waals surface area contributed by atoms with E-state index in [0.29, 0.717) is 11.6 Å². The molecule has 6 nitrogen and oxygen atoms in total. The molecule has 0 aliphatic carbocycles. The Morgan fingerprint density at radius 2 is 1.84 bits per heavy atom. The molecule has 2 N–H and O–H groups in total. The van der Waals surface area contributed by atoms with Gasteiger partial charge < -0.3 is 15.2 Å². The summed E-state index contributed by atoms with van der Waals surface area (Å²) in [6.45, 7) is 2.14. The summed E-state index contributed by atoms with van der Waals surface area (Å²) in [5.41, 5.74) is 1.89. The van der Waals surface area contributed by atoms with Crippen molar-refractivity contribution < 1.29 is 14.6 Å². The molecule has 0 spiro atoms. The summed E-state index contributed by atoms with van der Waals surface area (Å²) in [5.74, 6) is 0.235. The Balaban J connectivity index is 1.79. The van der Waals surface area contributed by atoms with Crippen LogP contribution in [0.3, 0.4) is 0 Å². The van der Waals surface area contributed by atoms with Crippen LogP contribution in [-0.4, -0.2) is 21.0 Å². The van der Waals surface area contributed by atoms with Crippen LogP contribution in [0.25, 0.3) is 0 Å². The van der Waals surface area contributed by atoms with Crippen molar-refractivity contribution in [3.8, 4) is 5.75 Å². The molecule has 0 saturated carbocycles. The quantitative estimate of drug-likeness (QED) is 0.713. The molecular weight excluding hydrogens is 318 g/mol. The van der Waals surface area contributed by atoms with E-state index in [-0.39, 0.29) is 18.0 Å². The second kappa shape index (κ2) is 7.44. The predicted octanol–water partition coefficient (Wildman–Crippen LogP) is 3.81. The molecule has 3 rings (SSSR count). The van der Waals surface area contributed by atoms with Gasteiger partial charge >= 0.3 is 5.97 Å². The second-order valence-corrected chi connectivity index (χ2v) is 5.45. The zero-order chi connectivity index (χ0) is 17.6. The molecule has 2 aromatic carbocycles. The Bertz CT molecular complexity index is 865. The molecule has 0 atom stereocenters. The Kier molecular flexibility index (Phi) is 4.89. The van der Waals surface area contributed by atoms with Crippen LogP contribution in [0.15, 0.2) is 60.8 Å². The highest BCUT2D eigenvalue weighted by molar-refractivity contribution is 5.93. The standard InChI is InChI=1S/C19H17N3O3/c1-13-7-9-15(10-8-13)25-12-17-20-11-16(19(23)24)18(22-17)21-14-5-3-2-4-6-14/h2-11H,12H2,1H3,(H,23,24)(H,20,21,22). The molecule has 0 radical (unpaired) electrons. The number of hydrogen-bond donors (Lipinski definition) is 2. The lowest BCUT2D eigenvalue weighted by molar-refractivity contribution is 0.0697. The summed E-state index contributed by atoms with van der Waals surface area (Å²) < 4.78 is 5.65. The molecule has 1 heterocycles. The number of anilines is 2. The second-order valence-electron chi connectivity index (χ2n) is 5.45. The van der Waals surface area contributed by atoms with E-state index in [4.69, 9.17) is 4.74 Å². The van der Waals surface area contributed by atoms with E-state index >= 15 is 0 Å². The van der Waals surface area contributed by atoms with Crippen molar-refractivity contribution in [3.63, 3.8) is 0 Å². The number of nitrogens with zero attached hydrogens (tertiary/aromatic N) is 2. The van der Waals surface area contributed by atoms with Gasteiger partial charge in [0, 0.05) is 11.9 Å². The van der Waals surface area contributed by atoms with E-state index < -0.39 is 5.97 Å². The van der Waals surface area contributed by atoms with Gasteiger partial charge in [-0.1, -0.05) is 35.9 Å². The maximum atomic E-state index is 11.4. The van der Waals surface area contributed by atoms with Crippen LogP contribution in [0, 0.1) is 6.92 Å². The zero-order valence-corrected chi connectivity index (χ0v) is 13.6. The number of hydrogen-bond acceptors (Lipinski definition) is 5. The minimum Gasteiger partial charge on any atom is -0.486 e. The van der Waals surface area contributed by atoms with Gasteiger partial charge in [-0.2, -0.15) is 0 Å². The molecule has 0 aliphatic rings. The number of aromatic nitrogens is 2. The van der Waals surface area contributed by atoms with Crippen molar-refractivity contribution in [3.05, 3.63) is 77.7 Å². The van der Waals surface area contributed by atoms with E-state index in [1.54, 1.807) is 0 Å². The first kappa shape index (κ1) is 16.4. The van der Waals surface area contributed by atoms with Crippen molar-refractivity contribution >= 4 is 17.5 Å². The summed E-state index contributed by atoms with van der Waals surface area (Å²) in [6, 6.07) is 16.9. The minimum atomic E-state index is -1.09. The van der Waals surface area contributed by atoms with Gasteiger partial charge in [0.05, 0.1) is 0 Å². The molecule has 0 amide bonds. The SMILES string of the molecule is Cc1ccc(OCc2ncc(C(=O)O)c(Nc3ccccc3)n2)cc1. The molecule has 0 fully saturated rings. The predicted molar refractivity (Wildman–Crippen MR) is 94.2 cm³/mol. The van der Waals surface area contributed by atoms with Crippen molar-refractivity contribution in [1.82, 2.24) is 9.97 Å². The van der Waals surface area contributed by atoms with Crippen LogP contribution in [0.4, 0.5) is 11.5 Å². The van der Waals surface area contributed by atoms with Crippen LogP contribution in [0.1, 0.15) is 21.7 Å². The number of nitrogens with one attached hydrogen (secondary N) is 1. The van der Waals surface area contributed by atoms with Crippen molar-refractivity contribution in [2.75, 3.05) is 5.32 Å². The third kappa shape index (κ3) is 4.32. The van der Waals surface area contributed by atoms with Gasteiger partial charge in [0.1, 0.15) is 23.7 Å². The molecule has 0 bridgehead atoms. The fraction of sp³-hybridized carbons (Fsp3) is 0.105. The number of ether oxygens (including phenoxy) is 1. The summed E-state index contributed by atoms with van der Waals surface area (Å²) in [7, 11) is 0. The van der Waals surface area contributed by atoms with Crippen LogP contribution in [0.2, 0.25) is 0 Å². The molecule has 0 unspecified atom stereocenters. The van der Waals surface area contributed by atoms with Gasteiger partial charge in [0.2, 0.25) is 0 Å².